The third-order valence-electron chi connectivity index (χ3n) is 10.4. The van der Waals surface area contributed by atoms with Gasteiger partial charge in [0.15, 0.2) is 0 Å². The van der Waals surface area contributed by atoms with Crippen LogP contribution in [-0.2, 0) is 0 Å². The van der Waals surface area contributed by atoms with E-state index >= 15 is 0 Å². The number of para-hydroxylation sites is 4. The SMILES string of the molecule is c1ccc(-c2ccccc2N(c2ccccc2)c2ccc3oc4cc(N(c5ccccc5)c5ccccc5-c5ccccc5)c5ccccc5c4c3c2)cc1. The average Bonchev–Trinajstić information content (AvgIpc) is 3.64. The predicted octanol–water partition coefficient (Wildman–Crippen LogP) is 15.0. The van der Waals surface area contributed by atoms with Crippen LogP contribution in [0.25, 0.3) is 55.0 Å². The van der Waals surface area contributed by atoms with Gasteiger partial charge < -0.3 is 14.2 Å². The molecule has 3 nitrogen and oxygen atoms in total. The molecule has 0 radical (unpaired) electrons. The van der Waals surface area contributed by atoms with Crippen LogP contribution in [0.15, 0.2) is 223 Å². The second kappa shape index (κ2) is 13.9. The summed E-state index contributed by atoms with van der Waals surface area (Å²) in [7, 11) is 0. The standard InChI is InChI=1S/C52H36N2O/c1-5-19-37(20-6-1)42-27-15-17-31-47(42)53(39-23-9-3-10-24-39)41-33-34-50-46(35-41)52-45-30-14-13-29-44(45)49(36-51(52)55-50)54(40-25-11-4-12-26-40)48-32-18-16-28-43(48)38-21-7-2-8-22-38/h1-36H. The van der Waals surface area contributed by atoms with Crippen molar-refractivity contribution < 1.29 is 4.42 Å². The third kappa shape index (κ3) is 5.80. The minimum Gasteiger partial charge on any atom is -0.456 e. The van der Waals surface area contributed by atoms with Gasteiger partial charge in [0, 0.05) is 50.4 Å². The van der Waals surface area contributed by atoms with Crippen LogP contribution in [0.4, 0.5) is 34.1 Å². The Morgan fingerprint density at radius 2 is 0.764 bits per heavy atom. The number of hydrogen-bond acceptors (Lipinski definition) is 3. The summed E-state index contributed by atoms with van der Waals surface area (Å²) in [5.41, 5.74) is 12.8. The van der Waals surface area contributed by atoms with E-state index in [1.165, 1.54) is 5.56 Å². The molecule has 0 amide bonds. The zero-order valence-corrected chi connectivity index (χ0v) is 30.1. The summed E-state index contributed by atoms with van der Waals surface area (Å²) >= 11 is 0. The van der Waals surface area contributed by atoms with E-state index in [0.717, 1.165) is 83.5 Å². The highest BCUT2D eigenvalue weighted by Gasteiger charge is 2.24. The molecular weight excluding hydrogens is 669 g/mol. The molecule has 0 atom stereocenters. The molecule has 10 rings (SSSR count). The average molecular weight is 705 g/mol. The monoisotopic (exact) mass is 704 g/mol. The molecule has 0 bridgehead atoms. The normalized spacial score (nSPS) is 11.3. The minimum absolute atomic E-state index is 0.843. The zero-order chi connectivity index (χ0) is 36.6. The molecule has 0 aliphatic rings. The molecule has 10 aromatic rings. The smallest absolute Gasteiger partial charge is 0.138 e. The summed E-state index contributed by atoms with van der Waals surface area (Å²) in [6, 6.07) is 77.3. The maximum atomic E-state index is 6.83. The third-order valence-corrected chi connectivity index (χ3v) is 10.4. The quantitative estimate of drug-likeness (QED) is 0.157. The number of furan rings is 1. The number of fused-ring (bicyclic) bond motifs is 5. The highest BCUT2D eigenvalue weighted by molar-refractivity contribution is 6.23. The van der Waals surface area contributed by atoms with E-state index in [4.69, 9.17) is 4.42 Å². The van der Waals surface area contributed by atoms with Crippen molar-refractivity contribution in [2.75, 3.05) is 9.80 Å². The van der Waals surface area contributed by atoms with Gasteiger partial charge >= 0.3 is 0 Å². The van der Waals surface area contributed by atoms with Gasteiger partial charge in [-0.2, -0.15) is 0 Å². The lowest BCUT2D eigenvalue weighted by atomic mass is 9.98. The Bertz CT molecular complexity index is 2920. The van der Waals surface area contributed by atoms with Gasteiger partial charge in [-0.1, -0.05) is 158 Å². The molecule has 1 heterocycles. The van der Waals surface area contributed by atoms with E-state index in [1.54, 1.807) is 0 Å². The van der Waals surface area contributed by atoms with Crippen molar-refractivity contribution in [2.24, 2.45) is 0 Å². The van der Waals surface area contributed by atoms with E-state index in [2.05, 4.69) is 228 Å². The van der Waals surface area contributed by atoms with Gasteiger partial charge in [0.1, 0.15) is 11.2 Å². The number of rotatable bonds is 8. The predicted molar refractivity (Wildman–Crippen MR) is 231 cm³/mol. The van der Waals surface area contributed by atoms with Gasteiger partial charge in [-0.25, -0.2) is 0 Å². The van der Waals surface area contributed by atoms with E-state index < -0.39 is 0 Å². The Morgan fingerprint density at radius 3 is 1.36 bits per heavy atom. The number of benzene rings is 9. The molecular formula is C52H36N2O. The Hall–Kier alpha value is -7.36. The van der Waals surface area contributed by atoms with Crippen molar-refractivity contribution in [2.45, 2.75) is 0 Å². The highest BCUT2D eigenvalue weighted by Crippen LogP contribution is 2.48. The minimum atomic E-state index is 0.843. The number of nitrogens with zero attached hydrogens (tertiary/aromatic N) is 2. The lowest BCUT2D eigenvalue weighted by Gasteiger charge is -2.29. The first-order valence-electron chi connectivity index (χ1n) is 18.7. The zero-order valence-electron chi connectivity index (χ0n) is 30.1. The second-order valence-corrected chi connectivity index (χ2v) is 13.7. The highest BCUT2D eigenvalue weighted by atomic mass is 16.3. The van der Waals surface area contributed by atoms with Crippen LogP contribution in [0.5, 0.6) is 0 Å². The maximum absolute atomic E-state index is 6.83. The number of anilines is 6. The fourth-order valence-corrected chi connectivity index (χ4v) is 7.98. The van der Waals surface area contributed by atoms with Crippen LogP contribution in [0.3, 0.4) is 0 Å². The lowest BCUT2D eigenvalue weighted by molar-refractivity contribution is 0.669. The molecule has 0 aliphatic carbocycles. The van der Waals surface area contributed by atoms with Crippen molar-refractivity contribution in [1.29, 1.82) is 0 Å². The van der Waals surface area contributed by atoms with E-state index in [0.29, 0.717) is 0 Å². The molecule has 260 valence electrons. The Balaban J connectivity index is 1.21. The van der Waals surface area contributed by atoms with Crippen LogP contribution >= 0.6 is 0 Å². The lowest BCUT2D eigenvalue weighted by Crippen LogP contribution is -2.11. The topological polar surface area (TPSA) is 19.6 Å². The fourth-order valence-electron chi connectivity index (χ4n) is 7.98. The maximum Gasteiger partial charge on any atom is 0.138 e. The first-order chi connectivity index (χ1) is 27.3. The molecule has 0 N–H and O–H groups in total. The molecule has 1 aromatic heterocycles. The van der Waals surface area contributed by atoms with Crippen molar-refractivity contribution >= 4 is 66.8 Å². The largest absolute Gasteiger partial charge is 0.456 e. The van der Waals surface area contributed by atoms with Crippen molar-refractivity contribution in [1.82, 2.24) is 0 Å². The molecule has 55 heavy (non-hydrogen) atoms. The van der Waals surface area contributed by atoms with E-state index in [-0.39, 0.29) is 0 Å². The summed E-state index contributed by atoms with van der Waals surface area (Å²) in [5.74, 6) is 0. The summed E-state index contributed by atoms with van der Waals surface area (Å²) in [6.07, 6.45) is 0. The van der Waals surface area contributed by atoms with Gasteiger partial charge in [0.05, 0.1) is 17.1 Å². The first-order valence-corrected chi connectivity index (χ1v) is 18.7. The summed E-state index contributed by atoms with van der Waals surface area (Å²) in [4.78, 5) is 4.73. The molecule has 0 unspecified atom stereocenters. The Morgan fingerprint density at radius 1 is 0.291 bits per heavy atom. The summed E-state index contributed by atoms with van der Waals surface area (Å²) in [6.45, 7) is 0. The van der Waals surface area contributed by atoms with Crippen molar-refractivity contribution in [3.8, 4) is 22.3 Å². The van der Waals surface area contributed by atoms with Crippen LogP contribution in [0.1, 0.15) is 0 Å². The van der Waals surface area contributed by atoms with E-state index in [9.17, 15) is 0 Å². The molecule has 3 heteroatoms. The van der Waals surface area contributed by atoms with Gasteiger partial charge in [0.2, 0.25) is 0 Å². The molecule has 0 spiro atoms. The molecule has 0 saturated carbocycles. The second-order valence-electron chi connectivity index (χ2n) is 13.7. The molecule has 0 fully saturated rings. The van der Waals surface area contributed by atoms with Gasteiger partial charge in [-0.15, -0.1) is 0 Å². The van der Waals surface area contributed by atoms with Crippen LogP contribution < -0.4 is 9.80 Å². The Labute approximate surface area is 320 Å². The van der Waals surface area contributed by atoms with Crippen LogP contribution in [0.2, 0.25) is 0 Å². The van der Waals surface area contributed by atoms with Gasteiger partial charge in [-0.3, -0.25) is 0 Å². The molecule has 0 saturated heterocycles. The molecule has 0 aliphatic heterocycles. The van der Waals surface area contributed by atoms with Crippen molar-refractivity contribution in [3.05, 3.63) is 218 Å². The Kier molecular flexibility index (Phi) is 8.16. The van der Waals surface area contributed by atoms with Crippen LogP contribution in [-0.4, -0.2) is 0 Å². The van der Waals surface area contributed by atoms with Crippen LogP contribution in [0, 0.1) is 0 Å². The van der Waals surface area contributed by atoms with Gasteiger partial charge in [0.25, 0.3) is 0 Å². The molecule has 9 aromatic carbocycles. The van der Waals surface area contributed by atoms with E-state index in [1.807, 2.05) is 0 Å². The summed E-state index contributed by atoms with van der Waals surface area (Å²) in [5, 5.41) is 4.46. The fraction of sp³-hybridized carbons (Fsp3) is 0. The summed E-state index contributed by atoms with van der Waals surface area (Å²) < 4.78 is 6.83. The van der Waals surface area contributed by atoms with Gasteiger partial charge in [-0.05, 0) is 71.1 Å². The first kappa shape index (κ1) is 32.3. The van der Waals surface area contributed by atoms with Crippen molar-refractivity contribution in [3.63, 3.8) is 0 Å². The number of hydrogen-bond donors (Lipinski definition) is 0.